The van der Waals surface area contributed by atoms with Gasteiger partial charge in [-0.2, -0.15) is 0 Å². The summed E-state index contributed by atoms with van der Waals surface area (Å²) >= 11 is 0. The Labute approximate surface area is 158 Å². The second-order valence-corrected chi connectivity index (χ2v) is 7.18. The zero-order valence-electron chi connectivity index (χ0n) is 15.0. The molecule has 1 amide bonds. The van der Waals surface area contributed by atoms with Crippen LogP contribution in [0, 0.1) is 5.41 Å². The molecule has 7 heteroatoms. The number of hydrogen-bond acceptors (Lipinski definition) is 4. The van der Waals surface area contributed by atoms with Gasteiger partial charge < -0.3 is 15.8 Å². The molecule has 1 aliphatic heterocycles. The van der Waals surface area contributed by atoms with Crippen molar-refractivity contribution >= 4 is 30.7 Å². The van der Waals surface area contributed by atoms with E-state index in [9.17, 15) is 4.79 Å². The maximum Gasteiger partial charge on any atom is 0.241 e. The number of nitrogens with two attached hydrogens (primary N) is 1. The maximum atomic E-state index is 12.7. The SMILES string of the molecule is C=CCN1CCC(NC(=O)C2(N)CC(OCC)C2(C)C)CC1.Cl.Cl. The molecule has 24 heavy (non-hydrogen) atoms. The van der Waals surface area contributed by atoms with Gasteiger partial charge >= 0.3 is 0 Å². The standard InChI is InChI=1S/C17H31N3O2.2ClH/c1-5-9-20-10-7-13(8-11-20)19-15(21)17(18)12-14(22-6-2)16(17,3)4;;/h5,13-14H,1,6-12,18H2,2-4H3,(H,19,21);2*1H. The minimum Gasteiger partial charge on any atom is -0.378 e. The van der Waals surface area contributed by atoms with E-state index in [-0.39, 0.29) is 48.3 Å². The molecular formula is C17H33Cl2N3O2. The molecule has 0 aromatic heterocycles. The van der Waals surface area contributed by atoms with Gasteiger partial charge in [0, 0.05) is 44.1 Å². The maximum absolute atomic E-state index is 12.7. The predicted octanol–water partition coefficient (Wildman–Crippen LogP) is 2.13. The normalized spacial score (nSPS) is 29.6. The third-order valence-electron chi connectivity index (χ3n) is 5.55. The first-order valence-corrected chi connectivity index (χ1v) is 8.40. The number of carbonyl (C=O) groups excluding carboxylic acids is 1. The average molecular weight is 382 g/mol. The molecular weight excluding hydrogens is 349 g/mol. The number of likely N-dealkylation sites (tertiary alicyclic amines) is 1. The smallest absolute Gasteiger partial charge is 0.241 e. The highest BCUT2D eigenvalue weighted by Gasteiger charge is 2.63. The van der Waals surface area contributed by atoms with Gasteiger partial charge in [-0.15, -0.1) is 31.4 Å². The molecule has 0 spiro atoms. The number of carbonyl (C=O) groups is 1. The quantitative estimate of drug-likeness (QED) is 0.691. The second-order valence-electron chi connectivity index (χ2n) is 7.18. The monoisotopic (exact) mass is 381 g/mol. The van der Waals surface area contributed by atoms with Crippen LogP contribution in [-0.2, 0) is 9.53 Å². The van der Waals surface area contributed by atoms with Crippen LogP contribution in [0.1, 0.15) is 40.0 Å². The summed E-state index contributed by atoms with van der Waals surface area (Å²) in [7, 11) is 0. The Morgan fingerprint density at radius 3 is 2.42 bits per heavy atom. The minimum atomic E-state index is -0.814. The highest BCUT2D eigenvalue weighted by molar-refractivity contribution is 5.89. The van der Waals surface area contributed by atoms with Crippen molar-refractivity contribution < 1.29 is 9.53 Å². The van der Waals surface area contributed by atoms with Crippen LogP contribution in [0.25, 0.3) is 0 Å². The van der Waals surface area contributed by atoms with E-state index < -0.39 is 5.54 Å². The van der Waals surface area contributed by atoms with Crippen molar-refractivity contribution in [3.8, 4) is 0 Å². The zero-order chi connectivity index (χ0) is 16.4. The third kappa shape index (κ3) is 4.44. The fourth-order valence-corrected chi connectivity index (χ4v) is 3.58. The van der Waals surface area contributed by atoms with Gasteiger partial charge in [-0.25, -0.2) is 0 Å². The van der Waals surface area contributed by atoms with Gasteiger partial charge in [0.15, 0.2) is 0 Å². The summed E-state index contributed by atoms with van der Waals surface area (Å²) in [6.45, 7) is 13.4. The van der Waals surface area contributed by atoms with E-state index in [0.29, 0.717) is 13.0 Å². The molecule has 2 aliphatic rings. The first-order chi connectivity index (χ1) is 10.3. The van der Waals surface area contributed by atoms with Crippen molar-refractivity contribution in [3.63, 3.8) is 0 Å². The molecule has 0 aromatic rings. The number of rotatable bonds is 6. The van der Waals surface area contributed by atoms with Crippen LogP contribution < -0.4 is 11.1 Å². The third-order valence-corrected chi connectivity index (χ3v) is 5.55. The molecule has 0 bridgehead atoms. The largest absolute Gasteiger partial charge is 0.378 e. The van der Waals surface area contributed by atoms with Crippen LogP contribution in [0.15, 0.2) is 12.7 Å². The fourth-order valence-electron chi connectivity index (χ4n) is 3.58. The lowest BCUT2D eigenvalue weighted by atomic mass is 9.54. The van der Waals surface area contributed by atoms with Gasteiger partial charge in [-0.05, 0) is 19.8 Å². The van der Waals surface area contributed by atoms with E-state index in [4.69, 9.17) is 10.5 Å². The van der Waals surface area contributed by atoms with Gasteiger partial charge in [0.25, 0.3) is 0 Å². The van der Waals surface area contributed by atoms with Crippen molar-refractivity contribution in [2.45, 2.75) is 57.7 Å². The Hall–Kier alpha value is -0.330. The first kappa shape index (κ1) is 23.7. The highest BCUT2D eigenvalue weighted by Crippen LogP contribution is 2.49. The Kier molecular flexibility index (Phi) is 9.26. The van der Waals surface area contributed by atoms with Gasteiger partial charge in [0.05, 0.1) is 6.10 Å². The molecule has 2 rings (SSSR count). The van der Waals surface area contributed by atoms with Crippen molar-refractivity contribution in [1.29, 1.82) is 0 Å². The van der Waals surface area contributed by atoms with Gasteiger partial charge in [0.2, 0.25) is 5.91 Å². The van der Waals surface area contributed by atoms with Crippen molar-refractivity contribution in [3.05, 3.63) is 12.7 Å². The fraction of sp³-hybridized carbons (Fsp3) is 0.824. The molecule has 3 N–H and O–H groups in total. The van der Waals surface area contributed by atoms with Gasteiger partial charge in [0.1, 0.15) is 5.54 Å². The highest BCUT2D eigenvalue weighted by atomic mass is 35.5. The number of halogens is 2. The molecule has 2 unspecified atom stereocenters. The molecule has 142 valence electrons. The van der Waals surface area contributed by atoms with Gasteiger partial charge in [-0.1, -0.05) is 19.9 Å². The Morgan fingerprint density at radius 2 is 1.96 bits per heavy atom. The summed E-state index contributed by atoms with van der Waals surface area (Å²) in [4.78, 5) is 15.0. The number of nitrogens with one attached hydrogen (secondary N) is 1. The lowest BCUT2D eigenvalue weighted by molar-refractivity contribution is -0.171. The van der Waals surface area contributed by atoms with Crippen molar-refractivity contribution in [2.24, 2.45) is 11.1 Å². The zero-order valence-corrected chi connectivity index (χ0v) is 16.7. The molecule has 2 fully saturated rings. The van der Waals surface area contributed by atoms with Crippen LogP contribution in [-0.4, -0.2) is 54.7 Å². The predicted molar refractivity (Wildman–Crippen MR) is 103 cm³/mol. The number of piperidine rings is 1. The molecule has 0 radical (unpaired) electrons. The van der Waals surface area contributed by atoms with Crippen LogP contribution in [0.2, 0.25) is 0 Å². The molecule has 1 aliphatic carbocycles. The number of amides is 1. The van der Waals surface area contributed by atoms with Gasteiger partial charge in [-0.3, -0.25) is 9.69 Å². The molecule has 0 aromatic carbocycles. The van der Waals surface area contributed by atoms with Crippen molar-refractivity contribution in [1.82, 2.24) is 10.2 Å². The first-order valence-electron chi connectivity index (χ1n) is 8.40. The number of nitrogens with zero attached hydrogens (tertiary/aromatic N) is 1. The molecule has 1 saturated heterocycles. The molecule has 5 nitrogen and oxygen atoms in total. The second kappa shape index (κ2) is 9.39. The van der Waals surface area contributed by atoms with Crippen LogP contribution >= 0.6 is 24.8 Å². The van der Waals surface area contributed by atoms with E-state index in [1.165, 1.54) is 0 Å². The molecule has 1 heterocycles. The summed E-state index contributed by atoms with van der Waals surface area (Å²) in [6, 6.07) is 0.232. The summed E-state index contributed by atoms with van der Waals surface area (Å²) in [5.74, 6) is -0.0179. The van der Waals surface area contributed by atoms with E-state index in [2.05, 4.69) is 16.8 Å². The summed E-state index contributed by atoms with van der Waals surface area (Å²) < 4.78 is 5.69. The number of ether oxygens (including phenoxy) is 1. The Bertz CT molecular complexity index is 426. The Morgan fingerprint density at radius 1 is 1.38 bits per heavy atom. The number of hydrogen-bond donors (Lipinski definition) is 2. The van der Waals surface area contributed by atoms with Crippen LogP contribution in [0.3, 0.4) is 0 Å². The lowest BCUT2D eigenvalue weighted by Crippen LogP contribution is -2.76. The minimum absolute atomic E-state index is 0. The van der Waals surface area contributed by atoms with E-state index in [1.807, 2.05) is 26.8 Å². The van der Waals surface area contributed by atoms with Crippen LogP contribution in [0.5, 0.6) is 0 Å². The summed E-state index contributed by atoms with van der Waals surface area (Å²) in [6.07, 6.45) is 4.56. The molecule has 1 saturated carbocycles. The van der Waals surface area contributed by atoms with E-state index >= 15 is 0 Å². The Balaban J connectivity index is 0.00000264. The average Bonchev–Trinajstić information content (AvgIpc) is 2.49. The van der Waals surface area contributed by atoms with E-state index in [1.54, 1.807) is 0 Å². The molecule has 2 atom stereocenters. The summed E-state index contributed by atoms with van der Waals surface area (Å²) in [5.41, 5.74) is 5.28. The van der Waals surface area contributed by atoms with E-state index in [0.717, 1.165) is 32.5 Å². The lowest BCUT2D eigenvalue weighted by Gasteiger charge is -2.57. The summed E-state index contributed by atoms with van der Waals surface area (Å²) in [5, 5.41) is 3.17. The van der Waals surface area contributed by atoms with Crippen LogP contribution in [0.4, 0.5) is 0 Å². The van der Waals surface area contributed by atoms with Crippen molar-refractivity contribution in [2.75, 3.05) is 26.2 Å². The topological polar surface area (TPSA) is 67.6 Å².